The van der Waals surface area contributed by atoms with E-state index < -0.39 is 0 Å². The number of fused-ring (bicyclic) bond motifs is 2. The van der Waals surface area contributed by atoms with E-state index in [4.69, 9.17) is 0 Å². The number of rotatable bonds is 0. The summed E-state index contributed by atoms with van der Waals surface area (Å²) < 4.78 is 0. The van der Waals surface area contributed by atoms with Gasteiger partial charge in [-0.15, -0.1) is 0 Å². The first-order valence-electron chi connectivity index (χ1n) is 5.87. The Hall–Kier alpha value is -0.443. The molecule has 0 aliphatic heterocycles. The Morgan fingerprint density at radius 3 is 2.38 bits per heavy atom. The number of hydrogen-bond donors (Lipinski definition) is 0. The summed E-state index contributed by atoms with van der Waals surface area (Å²) in [4.78, 5) is 0. The van der Waals surface area contributed by atoms with Crippen LogP contribution in [0.3, 0.4) is 0 Å². The SMILES string of the molecule is CC1=CCc2cc3c(cc21)CC(C)(C)C3.[H-].[Li+]. The Balaban J connectivity index is 0.000000722. The molecule has 0 nitrogen and oxygen atoms in total. The van der Waals surface area contributed by atoms with E-state index in [9.17, 15) is 0 Å². The molecule has 3 rings (SSSR count). The van der Waals surface area contributed by atoms with Gasteiger partial charge in [0.05, 0.1) is 0 Å². The van der Waals surface area contributed by atoms with Gasteiger partial charge in [-0.3, -0.25) is 0 Å². The Kier molecular flexibility index (Phi) is 2.85. The predicted octanol–water partition coefficient (Wildman–Crippen LogP) is 0.887. The topological polar surface area (TPSA) is 0 Å². The Morgan fingerprint density at radius 2 is 1.69 bits per heavy atom. The normalized spacial score (nSPS) is 19.8. The third-order valence-corrected chi connectivity index (χ3v) is 3.82. The van der Waals surface area contributed by atoms with Crippen LogP contribution >= 0.6 is 0 Å². The van der Waals surface area contributed by atoms with Crippen LogP contribution in [0.15, 0.2) is 18.2 Å². The standard InChI is InChI=1S/C15H18.Li.H/c1-10-4-5-11-6-12-8-15(2,3)9-13(12)7-14(10)11;;/h4,6-7H,5,8-9H2,1-3H3;;/q;+1;-1. The van der Waals surface area contributed by atoms with Crippen LogP contribution < -0.4 is 18.9 Å². The first-order valence-corrected chi connectivity index (χ1v) is 5.87. The quantitative estimate of drug-likeness (QED) is 0.553. The molecule has 0 N–H and O–H groups in total. The van der Waals surface area contributed by atoms with E-state index >= 15 is 0 Å². The minimum Gasteiger partial charge on any atom is -1.00 e. The molecule has 2 aliphatic rings. The first-order chi connectivity index (χ1) is 7.05. The van der Waals surface area contributed by atoms with Crippen molar-refractivity contribution >= 4 is 5.57 Å². The number of hydrogen-bond acceptors (Lipinski definition) is 0. The molecule has 1 aromatic carbocycles. The Morgan fingerprint density at radius 1 is 1.06 bits per heavy atom. The average Bonchev–Trinajstić information content (AvgIpc) is 2.62. The second-order valence-electron chi connectivity index (χ2n) is 5.89. The average molecular weight is 206 g/mol. The monoisotopic (exact) mass is 206 g/mol. The van der Waals surface area contributed by atoms with Crippen molar-refractivity contribution in [3.05, 3.63) is 40.5 Å². The van der Waals surface area contributed by atoms with E-state index in [1.807, 2.05) is 0 Å². The maximum atomic E-state index is 2.45. The summed E-state index contributed by atoms with van der Waals surface area (Å²) in [6.07, 6.45) is 6.01. The Labute approximate surface area is 112 Å². The fourth-order valence-corrected chi connectivity index (χ4v) is 3.07. The molecule has 80 valence electrons. The zero-order chi connectivity index (χ0) is 10.6. The third-order valence-electron chi connectivity index (χ3n) is 3.82. The van der Waals surface area contributed by atoms with Crippen LogP contribution in [0.1, 0.15) is 44.5 Å². The summed E-state index contributed by atoms with van der Waals surface area (Å²) in [5, 5.41) is 0. The maximum absolute atomic E-state index is 2.45. The molecule has 0 heterocycles. The van der Waals surface area contributed by atoms with E-state index in [0.717, 1.165) is 6.42 Å². The molecule has 0 atom stereocenters. The predicted molar refractivity (Wildman–Crippen MR) is 66.1 cm³/mol. The molecule has 0 saturated carbocycles. The van der Waals surface area contributed by atoms with Crippen molar-refractivity contribution in [2.75, 3.05) is 0 Å². The molecule has 1 aromatic rings. The van der Waals surface area contributed by atoms with Crippen LogP contribution in [0.2, 0.25) is 0 Å². The van der Waals surface area contributed by atoms with Crippen LogP contribution in [0.5, 0.6) is 0 Å². The minimum atomic E-state index is 0. The molecule has 0 fully saturated rings. The van der Waals surface area contributed by atoms with Gasteiger partial charge >= 0.3 is 18.9 Å². The van der Waals surface area contributed by atoms with Crippen LogP contribution in [0, 0.1) is 5.41 Å². The molecule has 1 heteroatoms. The summed E-state index contributed by atoms with van der Waals surface area (Å²) in [6, 6.07) is 4.89. The Bertz CT molecular complexity index is 472. The molecule has 2 aliphatic carbocycles. The van der Waals surface area contributed by atoms with Gasteiger partial charge in [0.2, 0.25) is 0 Å². The van der Waals surface area contributed by atoms with Crippen molar-refractivity contribution in [2.24, 2.45) is 5.41 Å². The van der Waals surface area contributed by atoms with E-state index in [1.54, 1.807) is 16.7 Å². The summed E-state index contributed by atoms with van der Waals surface area (Å²) in [6.45, 7) is 6.99. The number of allylic oxidation sites excluding steroid dienone is 2. The zero-order valence-corrected chi connectivity index (χ0v) is 10.9. The molecule has 0 bridgehead atoms. The van der Waals surface area contributed by atoms with Gasteiger partial charge < -0.3 is 1.43 Å². The van der Waals surface area contributed by atoms with Crippen molar-refractivity contribution in [2.45, 2.75) is 40.0 Å². The van der Waals surface area contributed by atoms with Gasteiger partial charge in [-0.25, -0.2) is 0 Å². The minimum absolute atomic E-state index is 0. The summed E-state index contributed by atoms with van der Waals surface area (Å²) in [5.74, 6) is 0. The summed E-state index contributed by atoms with van der Waals surface area (Å²) in [7, 11) is 0. The van der Waals surface area contributed by atoms with Crippen molar-refractivity contribution in [3.63, 3.8) is 0 Å². The van der Waals surface area contributed by atoms with Crippen molar-refractivity contribution < 1.29 is 20.3 Å². The fraction of sp³-hybridized carbons (Fsp3) is 0.467. The van der Waals surface area contributed by atoms with Gasteiger partial charge in [-0.05, 0) is 59.4 Å². The molecular weight excluding hydrogens is 187 g/mol. The van der Waals surface area contributed by atoms with Gasteiger partial charge in [0.25, 0.3) is 0 Å². The summed E-state index contributed by atoms with van der Waals surface area (Å²) >= 11 is 0. The fourth-order valence-electron chi connectivity index (χ4n) is 3.07. The molecular formula is C15H19Li. The molecule has 0 spiro atoms. The van der Waals surface area contributed by atoms with Gasteiger partial charge in [-0.1, -0.05) is 32.1 Å². The first kappa shape index (κ1) is 12.0. The van der Waals surface area contributed by atoms with Crippen LogP contribution in [-0.4, -0.2) is 0 Å². The summed E-state index contributed by atoms with van der Waals surface area (Å²) in [5.41, 5.74) is 8.19. The molecule has 16 heavy (non-hydrogen) atoms. The van der Waals surface area contributed by atoms with Crippen molar-refractivity contribution in [1.29, 1.82) is 0 Å². The second kappa shape index (κ2) is 3.79. The molecule has 0 amide bonds. The molecule has 0 radical (unpaired) electrons. The van der Waals surface area contributed by atoms with Crippen molar-refractivity contribution in [1.82, 2.24) is 0 Å². The van der Waals surface area contributed by atoms with Gasteiger partial charge in [-0.2, -0.15) is 0 Å². The van der Waals surface area contributed by atoms with Gasteiger partial charge in [0, 0.05) is 0 Å². The van der Waals surface area contributed by atoms with Crippen LogP contribution in [0.25, 0.3) is 5.57 Å². The van der Waals surface area contributed by atoms with Crippen LogP contribution in [-0.2, 0) is 19.3 Å². The largest absolute Gasteiger partial charge is 1.00 e. The zero-order valence-electron chi connectivity index (χ0n) is 11.9. The van der Waals surface area contributed by atoms with Crippen LogP contribution in [0.4, 0.5) is 0 Å². The molecule has 0 saturated heterocycles. The third kappa shape index (κ3) is 1.79. The molecule has 0 aromatic heterocycles. The maximum Gasteiger partial charge on any atom is 1.00 e. The van der Waals surface area contributed by atoms with Gasteiger partial charge in [0.15, 0.2) is 0 Å². The molecule has 0 unspecified atom stereocenters. The van der Waals surface area contributed by atoms with E-state index in [-0.39, 0.29) is 20.3 Å². The number of benzene rings is 1. The smallest absolute Gasteiger partial charge is 1.00 e. The van der Waals surface area contributed by atoms with E-state index in [2.05, 4.69) is 39.0 Å². The van der Waals surface area contributed by atoms with Gasteiger partial charge in [0.1, 0.15) is 0 Å². The van der Waals surface area contributed by atoms with E-state index in [1.165, 1.54) is 24.0 Å². The van der Waals surface area contributed by atoms with Crippen molar-refractivity contribution in [3.8, 4) is 0 Å². The van der Waals surface area contributed by atoms with E-state index in [0.29, 0.717) is 5.41 Å². The second-order valence-corrected chi connectivity index (χ2v) is 5.89.